The van der Waals surface area contributed by atoms with Crippen LogP contribution in [0.3, 0.4) is 0 Å². The Morgan fingerprint density at radius 3 is 2.45 bits per heavy atom. The number of hydrogen-bond donors (Lipinski definition) is 1. The van der Waals surface area contributed by atoms with E-state index in [0.717, 1.165) is 32.5 Å². The largest absolute Gasteiger partial charge is 0.496 e. The second-order valence-corrected chi connectivity index (χ2v) is 8.33. The average Bonchev–Trinajstić information content (AvgIpc) is 3.42. The van der Waals surface area contributed by atoms with E-state index in [-0.39, 0.29) is 5.82 Å². The molecule has 172 valence electrons. The van der Waals surface area contributed by atoms with Crippen molar-refractivity contribution in [3.63, 3.8) is 0 Å². The smallest absolute Gasteiger partial charge is 0.183 e. The highest BCUT2D eigenvalue weighted by atomic mass is 32.1. The number of rotatable bonds is 9. The van der Waals surface area contributed by atoms with E-state index >= 15 is 0 Å². The number of aryl methyl sites for hydroxylation is 1. The van der Waals surface area contributed by atoms with Crippen molar-refractivity contribution in [3.05, 3.63) is 71.3 Å². The average molecular weight is 469 g/mol. The number of ether oxygens (including phenoxy) is 3. The van der Waals surface area contributed by atoms with Gasteiger partial charge in [0.15, 0.2) is 5.13 Å². The maximum absolute atomic E-state index is 13.5. The number of nitrogens with zero attached hydrogens (tertiary/aromatic N) is 3. The Labute approximate surface area is 195 Å². The molecule has 7 nitrogen and oxygen atoms in total. The standard InChI is InChI=1S/C24H25FN4O3S/c1-15-23(20-8-9-29(28-20)14-16-6-5-7-17(25)10-16)33-24(27-15)26-13-19-21(31-3)11-18(30-2)12-22(19)32-4/h5-12H,13-14H2,1-4H3,(H,26,27). The molecule has 0 unspecified atom stereocenters. The fourth-order valence-electron chi connectivity index (χ4n) is 3.52. The minimum absolute atomic E-state index is 0.251. The predicted molar refractivity (Wildman–Crippen MR) is 127 cm³/mol. The number of methoxy groups -OCH3 is 3. The van der Waals surface area contributed by atoms with Crippen LogP contribution >= 0.6 is 11.3 Å². The molecule has 0 bridgehead atoms. The normalized spacial score (nSPS) is 10.8. The molecule has 0 aliphatic heterocycles. The van der Waals surface area contributed by atoms with Crippen molar-refractivity contribution in [3.8, 4) is 27.8 Å². The summed E-state index contributed by atoms with van der Waals surface area (Å²) in [7, 11) is 4.83. The minimum Gasteiger partial charge on any atom is -0.496 e. The third kappa shape index (κ3) is 5.09. The maximum atomic E-state index is 13.5. The van der Waals surface area contributed by atoms with E-state index in [1.54, 1.807) is 32.1 Å². The fraction of sp³-hybridized carbons (Fsp3) is 0.250. The number of hydrogen-bond acceptors (Lipinski definition) is 7. The summed E-state index contributed by atoms with van der Waals surface area (Å²) in [6.45, 7) is 2.92. The van der Waals surface area contributed by atoms with Gasteiger partial charge >= 0.3 is 0 Å². The highest BCUT2D eigenvalue weighted by Crippen LogP contribution is 2.36. The van der Waals surface area contributed by atoms with E-state index < -0.39 is 0 Å². The topological polar surface area (TPSA) is 70.4 Å². The minimum atomic E-state index is -0.251. The first-order chi connectivity index (χ1) is 16.0. The summed E-state index contributed by atoms with van der Waals surface area (Å²) in [5.41, 5.74) is 3.44. The van der Waals surface area contributed by atoms with E-state index in [9.17, 15) is 4.39 Å². The van der Waals surface area contributed by atoms with Crippen LogP contribution in [0.5, 0.6) is 17.2 Å². The number of thiazole rings is 1. The Morgan fingerprint density at radius 1 is 1.03 bits per heavy atom. The Morgan fingerprint density at radius 2 is 1.79 bits per heavy atom. The van der Waals surface area contributed by atoms with Crippen molar-refractivity contribution in [1.29, 1.82) is 0 Å². The van der Waals surface area contributed by atoms with E-state index in [0.29, 0.717) is 30.3 Å². The summed E-state index contributed by atoms with van der Waals surface area (Å²) in [5.74, 6) is 1.75. The lowest BCUT2D eigenvalue weighted by Crippen LogP contribution is -2.04. The van der Waals surface area contributed by atoms with Crippen molar-refractivity contribution in [2.75, 3.05) is 26.6 Å². The van der Waals surface area contributed by atoms with Crippen LogP contribution in [0.4, 0.5) is 9.52 Å². The highest BCUT2D eigenvalue weighted by molar-refractivity contribution is 7.19. The molecule has 4 aromatic rings. The highest BCUT2D eigenvalue weighted by Gasteiger charge is 2.16. The van der Waals surface area contributed by atoms with Gasteiger partial charge in [0, 0.05) is 24.9 Å². The van der Waals surface area contributed by atoms with Gasteiger partial charge in [-0.25, -0.2) is 9.37 Å². The third-order valence-electron chi connectivity index (χ3n) is 5.14. The van der Waals surface area contributed by atoms with Gasteiger partial charge < -0.3 is 19.5 Å². The second kappa shape index (κ2) is 9.91. The van der Waals surface area contributed by atoms with Crippen molar-refractivity contribution in [2.24, 2.45) is 0 Å². The van der Waals surface area contributed by atoms with Gasteiger partial charge in [-0.05, 0) is 30.7 Å². The van der Waals surface area contributed by atoms with Crippen molar-refractivity contribution in [2.45, 2.75) is 20.0 Å². The molecule has 9 heteroatoms. The first-order valence-corrected chi connectivity index (χ1v) is 11.1. The zero-order valence-electron chi connectivity index (χ0n) is 18.9. The molecule has 0 atom stereocenters. The summed E-state index contributed by atoms with van der Waals surface area (Å²) in [4.78, 5) is 5.63. The SMILES string of the molecule is COc1cc(OC)c(CNc2nc(C)c(-c3ccn(Cc4cccc(F)c4)n3)s2)c(OC)c1. The third-order valence-corrected chi connectivity index (χ3v) is 6.27. The van der Waals surface area contributed by atoms with E-state index in [1.807, 2.05) is 37.4 Å². The first-order valence-electron chi connectivity index (χ1n) is 10.3. The Balaban J connectivity index is 1.50. The molecular formula is C24H25FN4O3S. The molecule has 0 spiro atoms. The van der Waals surface area contributed by atoms with Crippen LogP contribution in [-0.4, -0.2) is 36.1 Å². The summed E-state index contributed by atoms with van der Waals surface area (Å²) >= 11 is 1.52. The van der Waals surface area contributed by atoms with Crippen LogP contribution in [0.2, 0.25) is 0 Å². The molecule has 1 N–H and O–H groups in total. The predicted octanol–water partition coefficient (Wildman–Crippen LogP) is 5.14. The molecule has 2 aromatic carbocycles. The lowest BCUT2D eigenvalue weighted by molar-refractivity contribution is 0.369. The quantitative estimate of drug-likeness (QED) is 0.367. The van der Waals surface area contributed by atoms with Gasteiger partial charge in [-0.15, -0.1) is 0 Å². The van der Waals surface area contributed by atoms with E-state index in [1.165, 1.54) is 23.5 Å². The van der Waals surface area contributed by atoms with Gasteiger partial charge in [-0.1, -0.05) is 23.5 Å². The van der Waals surface area contributed by atoms with E-state index in [2.05, 4.69) is 15.4 Å². The summed E-state index contributed by atoms with van der Waals surface area (Å²) in [5, 5.41) is 8.78. The molecule has 0 aliphatic rings. The molecule has 33 heavy (non-hydrogen) atoms. The first kappa shape index (κ1) is 22.6. The molecule has 0 fully saturated rings. The number of nitrogens with one attached hydrogen (secondary N) is 1. The van der Waals surface area contributed by atoms with Crippen LogP contribution in [0.15, 0.2) is 48.7 Å². The number of aromatic nitrogens is 3. The number of halogens is 1. The fourth-order valence-corrected chi connectivity index (χ4v) is 4.45. The number of benzene rings is 2. The van der Waals surface area contributed by atoms with Crippen LogP contribution < -0.4 is 19.5 Å². The van der Waals surface area contributed by atoms with Gasteiger partial charge in [0.1, 0.15) is 28.8 Å². The van der Waals surface area contributed by atoms with Gasteiger partial charge in [-0.3, -0.25) is 4.68 Å². The molecule has 0 saturated carbocycles. The molecule has 0 aliphatic carbocycles. The van der Waals surface area contributed by atoms with Gasteiger partial charge in [0.05, 0.1) is 44.0 Å². The summed E-state index contributed by atoms with van der Waals surface area (Å²) in [6.07, 6.45) is 1.89. The van der Waals surface area contributed by atoms with Gasteiger partial charge in [-0.2, -0.15) is 5.10 Å². The molecular weight excluding hydrogens is 443 g/mol. The Kier molecular flexibility index (Phi) is 6.79. The number of anilines is 1. The molecule has 0 radical (unpaired) electrons. The van der Waals surface area contributed by atoms with Crippen molar-refractivity contribution >= 4 is 16.5 Å². The zero-order valence-corrected chi connectivity index (χ0v) is 19.7. The van der Waals surface area contributed by atoms with Gasteiger partial charge in [0.25, 0.3) is 0 Å². The second-order valence-electron chi connectivity index (χ2n) is 7.33. The van der Waals surface area contributed by atoms with Crippen LogP contribution in [-0.2, 0) is 13.1 Å². The Bertz CT molecular complexity index is 1230. The zero-order chi connectivity index (χ0) is 23.4. The van der Waals surface area contributed by atoms with Crippen LogP contribution in [0, 0.1) is 12.7 Å². The molecule has 2 heterocycles. The molecule has 2 aromatic heterocycles. The van der Waals surface area contributed by atoms with Crippen LogP contribution in [0.25, 0.3) is 10.6 Å². The summed E-state index contributed by atoms with van der Waals surface area (Å²) in [6, 6.07) is 12.1. The summed E-state index contributed by atoms with van der Waals surface area (Å²) < 4.78 is 31.6. The van der Waals surface area contributed by atoms with Crippen molar-refractivity contribution < 1.29 is 18.6 Å². The lowest BCUT2D eigenvalue weighted by atomic mass is 10.1. The lowest BCUT2D eigenvalue weighted by Gasteiger charge is -2.15. The molecule has 0 amide bonds. The van der Waals surface area contributed by atoms with Crippen molar-refractivity contribution in [1.82, 2.24) is 14.8 Å². The maximum Gasteiger partial charge on any atom is 0.183 e. The van der Waals surface area contributed by atoms with Gasteiger partial charge in [0.2, 0.25) is 0 Å². The molecule has 0 saturated heterocycles. The van der Waals surface area contributed by atoms with Crippen LogP contribution in [0.1, 0.15) is 16.8 Å². The van der Waals surface area contributed by atoms with E-state index in [4.69, 9.17) is 14.2 Å². The molecule has 4 rings (SSSR count). The Hall–Kier alpha value is -3.59. The monoisotopic (exact) mass is 468 g/mol.